The molecule has 0 aromatic heterocycles. The number of rotatable bonds is 5. The van der Waals surface area contributed by atoms with Gasteiger partial charge in [0.25, 0.3) is 11.8 Å². The van der Waals surface area contributed by atoms with Crippen molar-refractivity contribution in [3.8, 4) is 17.2 Å². The van der Waals surface area contributed by atoms with Gasteiger partial charge >= 0.3 is 6.03 Å². The first kappa shape index (κ1) is 19.9. The molecule has 0 unspecified atom stereocenters. The molecule has 4 amide bonds. The van der Waals surface area contributed by atoms with Gasteiger partial charge in [-0.15, -0.1) is 0 Å². The number of methoxy groups -OCH3 is 3. The highest BCUT2D eigenvalue weighted by molar-refractivity contribution is 6.39. The van der Waals surface area contributed by atoms with E-state index in [0.717, 1.165) is 10.5 Å². The molecule has 0 aliphatic carbocycles. The molecule has 0 spiro atoms. The summed E-state index contributed by atoms with van der Waals surface area (Å²) < 4.78 is 15.9. The summed E-state index contributed by atoms with van der Waals surface area (Å²) in [6.45, 7) is 1.84. The standard InChI is InChI=1S/C21H20N2O6/c1-12-6-5-7-14(8-12)23-20(25)15(19(24)22-21(23)26)9-13-10-17(28-3)18(29-4)11-16(13)27-2/h5-11H,1-4H3,(H,22,24,26)/b15-9-. The van der Waals surface area contributed by atoms with E-state index in [0.29, 0.717) is 28.5 Å². The van der Waals surface area contributed by atoms with Gasteiger partial charge in [-0.25, -0.2) is 9.69 Å². The van der Waals surface area contributed by atoms with Crippen LogP contribution in [0, 0.1) is 6.92 Å². The fourth-order valence-electron chi connectivity index (χ4n) is 2.98. The monoisotopic (exact) mass is 396 g/mol. The van der Waals surface area contributed by atoms with E-state index in [2.05, 4.69) is 5.32 Å². The van der Waals surface area contributed by atoms with Crippen molar-refractivity contribution in [3.63, 3.8) is 0 Å². The molecule has 150 valence electrons. The smallest absolute Gasteiger partial charge is 0.335 e. The highest BCUT2D eigenvalue weighted by atomic mass is 16.5. The van der Waals surface area contributed by atoms with Crippen molar-refractivity contribution in [1.82, 2.24) is 5.32 Å². The fraction of sp³-hybridized carbons (Fsp3) is 0.190. The van der Waals surface area contributed by atoms with Crippen molar-refractivity contribution in [3.05, 3.63) is 53.1 Å². The zero-order valence-electron chi connectivity index (χ0n) is 16.4. The SMILES string of the molecule is COc1cc(OC)c(OC)cc1/C=C1/C(=O)NC(=O)N(c2cccc(C)c2)C1=O. The summed E-state index contributed by atoms with van der Waals surface area (Å²) >= 11 is 0. The Labute approximate surface area is 167 Å². The van der Waals surface area contributed by atoms with Crippen molar-refractivity contribution < 1.29 is 28.6 Å². The number of amides is 4. The molecule has 29 heavy (non-hydrogen) atoms. The number of imide groups is 2. The number of urea groups is 1. The van der Waals surface area contributed by atoms with Crippen LogP contribution < -0.4 is 24.4 Å². The third kappa shape index (κ3) is 3.77. The molecule has 3 rings (SSSR count). The summed E-state index contributed by atoms with van der Waals surface area (Å²) in [5.41, 5.74) is 1.44. The first-order valence-corrected chi connectivity index (χ1v) is 8.67. The average Bonchev–Trinajstić information content (AvgIpc) is 2.70. The minimum atomic E-state index is -0.804. The van der Waals surface area contributed by atoms with Gasteiger partial charge in [0.2, 0.25) is 0 Å². The first-order valence-electron chi connectivity index (χ1n) is 8.67. The summed E-state index contributed by atoms with van der Waals surface area (Å²) in [7, 11) is 4.41. The van der Waals surface area contributed by atoms with E-state index in [1.54, 1.807) is 30.3 Å². The number of ether oxygens (including phenoxy) is 3. The van der Waals surface area contributed by atoms with Crippen LogP contribution >= 0.6 is 0 Å². The molecule has 1 aliphatic rings. The van der Waals surface area contributed by atoms with Crippen LogP contribution in [-0.4, -0.2) is 39.2 Å². The molecule has 8 heteroatoms. The Kier molecular flexibility index (Phi) is 5.54. The normalized spacial score (nSPS) is 15.4. The molecule has 1 heterocycles. The Balaban J connectivity index is 2.09. The lowest BCUT2D eigenvalue weighted by Crippen LogP contribution is -2.54. The van der Waals surface area contributed by atoms with E-state index in [1.807, 2.05) is 13.0 Å². The minimum absolute atomic E-state index is 0.211. The quantitative estimate of drug-likeness (QED) is 0.617. The molecular weight excluding hydrogens is 376 g/mol. The van der Waals surface area contributed by atoms with Crippen LogP contribution in [0.5, 0.6) is 17.2 Å². The molecule has 2 aromatic rings. The van der Waals surface area contributed by atoms with Gasteiger partial charge < -0.3 is 14.2 Å². The number of carbonyl (C=O) groups is 3. The molecule has 2 aromatic carbocycles. The number of hydrogen-bond acceptors (Lipinski definition) is 6. The molecule has 0 saturated carbocycles. The Hall–Kier alpha value is -3.81. The molecule has 1 fully saturated rings. The third-order valence-corrected chi connectivity index (χ3v) is 4.40. The Morgan fingerprint density at radius 1 is 0.897 bits per heavy atom. The Morgan fingerprint density at radius 2 is 1.55 bits per heavy atom. The number of carbonyl (C=O) groups excluding carboxylic acids is 3. The zero-order valence-corrected chi connectivity index (χ0v) is 16.4. The number of barbiturate groups is 1. The summed E-state index contributed by atoms with van der Waals surface area (Å²) in [6.07, 6.45) is 1.35. The lowest BCUT2D eigenvalue weighted by molar-refractivity contribution is -0.122. The summed E-state index contributed by atoms with van der Waals surface area (Å²) in [4.78, 5) is 38.7. The highest BCUT2D eigenvalue weighted by Gasteiger charge is 2.37. The van der Waals surface area contributed by atoms with Crippen molar-refractivity contribution in [1.29, 1.82) is 0 Å². The molecule has 0 radical (unpaired) electrons. The van der Waals surface area contributed by atoms with Crippen LogP contribution in [0.1, 0.15) is 11.1 Å². The Bertz CT molecular complexity index is 1030. The van der Waals surface area contributed by atoms with Crippen LogP contribution in [-0.2, 0) is 9.59 Å². The second-order valence-electron chi connectivity index (χ2n) is 6.25. The molecule has 1 saturated heterocycles. The van der Waals surface area contributed by atoms with Crippen LogP contribution in [0.3, 0.4) is 0 Å². The molecule has 8 nitrogen and oxygen atoms in total. The molecule has 0 bridgehead atoms. The lowest BCUT2D eigenvalue weighted by Gasteiger charge is -2.26. The maximum Gasteiger partial charge on any atom is 0.335 e. The number of hydrogen-bond donors (Lipinski definition) is 1. The maximum absolute atomic E-state index is 13.0. The third-order valence-electron chi connectivity index (χ3n) is 4.40. The molecule has 1 aliphatic heterocycles. The van der Waals surface area contributed by atoms with Crippen LogP contribution in [0.15, 0.2) is 42.0 Å². The topological polar surface area (TPSA) is 94.2 Å². The predicted octanol–water partition coefficient (Wildman–Crippen LogP) is 2.69. The average molecular weight is 396 g/mol. The number of anilines is 1. The van der Waals surface area contributed by atoms with Gasteiger partial charge in [-0.3, -0.25) is 14.9 Å². The van der Waals surface area contributed by atoms with Gasteiger partial charge in [0, 0.05) is 11.6 Å². The second kappa shape index (κ2) is 8.05. The molecule has 1 N–H and O–H groups in total. The lowest BCUT2D eigenvalue weighted by atomic mass is 10.0. The van der Waals surface area contributed by atoms with Crippen molar-refractivity contribution in [2.45, 2.75) is 6.92 Å². The van der Waals surface area contributed by atoms with Crippen LogP contribution in [0.4, 0.5) is 10.5 Å². The van der Waals surface area contributed by atoms with Gasteiger partial charge in [-0.05, 0) is 36.8 Å². The first-order chi connectivity index (χ1) is 13.9. The van der Waals surface area contributed by atoms with Gasteiger partial charge in [0.1, 0.15) is 11.3 Å². The largest absolute Gasteiger partial charge is 0.496 e. The van der Waals surface area contributed by atoms with Crippen molar-refractivity contribution in [2.24, 2.45) is 0 Å². The summed E-state index contributed by atoms with van der Waals surface area (Å²) in [5, 5.41) is 2.20. The van der Waals surface area contributed by atoms with Crippen LogP contribution in [0.25, 0.3) is 6.08 Å². The Morgan fingerprint density at radius 3 is 2.17 bits per heavy atom. The molecule has 0 atom stereocenters. The van der Waals surface area contributed by atoms with E-state index in [9.17, 15) is 14.4 Å². The maximum atomic E-state index is 13.0. The van der Waals surface area contributed by atoms with Crippen molar-refractivity contribution in [2.75, 3.05) is 26.2 Å². The van der Waals surface area contributed by atoms with Gasteiger partial charge in [0.15, 0.2) is 11.5 Å². The minimum Gasteiger partial charge on any atom is -0.496 e. The second-order valence-corrected chi connectivity index (χ2v) is 6.25. The van der Waals surface area contributed by atoms with Gasteiger partial charge in [0.05, 0.1) is 27.0 Å². The highest BCUT2D eigenvalue weighted by Crippen LogP contribution is 2.36. The molecular formula is C21H20N2O6. The van der Waals surface area contributed by atoms with E-state index < -0.39 is 17.8 Å². The van der Waals surface area contributed by atoms with E-state index in [-0.39, 0.29) is 5.57 Å². The van der Waals surface area contributed by atoms with Gasteiger partial charge in [-0.1, -0.05) is 12.1 Å². The number of aryl methyl sites for hydroxylation is 1. The zero-order chi connectivity index (χ0) is 21.1. The predicted molar refractivity (Wildman–Crippen MR) is 106 cm³/mol. The van der Waals surface area contributed by atoms with Gasteiger partial charge in [-0.2, -0.15) is 0 Å². The summed E-state index contributed by atoms with van der Waals surface area (Å²) in [5.74, 6) is -0.324. The van der Waals surface area contributed by atoms with Crippen LogP contribution in [0.2, 0.25) is 0 Å². The fourth-order valence-corrected chi connectivity index (χ4v) is 2.98. The van der Waals surface area contributed by atoms with E-state index in [1.165, 1.54) is 27.4 Å². The summed E-state index contributed by atoms with van der Waals surface area (Å²) in [6, 6.07) is 9.23. The number of benzene rings is 2. The van der Waals surface area contributed by atoms with E-state index >= 15 is 0 Å². The van der Waals surface area contributed by atoms with Crippen molar-refractivity contribution >= 4 is 29.6 Å². The number of nitrogens with one attached hydrogen (secondary N) is 1. The van der Waals surface area contributed by atoms with E-state index in [4.69, 9.17) is 14.2 Å². The number of nitrogens with zero attached hydrogens (tertiary/aromatic N) is 1.